The van der Waals surface area contributed by atoms with Crippen LogP contribution in [0.4, 0.5) is 0 Å². The van der Waals surface area contributed by atoms with Gasteiger partial charge in [-0.05, 0) is 13.8 Å². The Labute approximate surface area is 119 Å². The molecule has 0 saturated heterocycles. The molecule has 0 saturated carbocycles. The maximum Gasteiger partial charge on any atom is 0.123 e. The summed E-state index contributed by atoms with van der Waals surface area (Å²) in [5.74, 6) is 0. The molecule has 0 radical (unpaired) electrons. The fourth-order valence-electron chi connectivity index (χ4n) is 1.73. The summed E-state index contributed by atoms with van der Waals surface area (Å²) in [6, 6.07) is 10.4. The third-order valence-corrected chi connectivity index (χ3v) is 3.73. The van der Waals surface area contributed by atoms with Crippen LogP contribution in [0.5, 0.6) is 0 Å². The van der Waals surface area contributed by atoms with Crippen molar-refractivity contribution in [2.45, 2.75) is 20.3 Å². The molecule has 3 heteroatoms. The second-order valence-electron chi connectivity index (χ2n) is 4.75. The Morgan fingerprint density at radius 3 is 2.79 bits per heavy atom. The first-order valence-electron chi connectivity index (χ1n) is 6.59. The fourth-order valence-corrected chi connectivity index (χ4v) is 2.59. The van der Waals surface area contributed by atoms with Gasteiger partial charge in [-0.2, -0.15) is 0 Å². The number of hydrogen-bond donors (Lipinski definition) is 1. The maximum atomic E-state index is 4.68. The van der Waals surface area contributed by atoms with E-state index >= 15 is 0 Å². The molecule has 19 heavy (non-hydrogen) atoms. The molecule has 2 nitrogen and oxygen atoms in total. The van der Waals surface area contributed by atoms with E-state index in [-0.39, 0.29) is 0 Å². The summed E-state index contributed by atoms with van der Waals surface area (Å²) in [5, 5.41) is 6.67. The average molecular weight is 272 g/mol. The quantitative estimate of drug-likeness (QED) is 0.637. The van der Waals surface area contributed by atoms with Crippen LogP contribution in [-0.2, 0) is 6.42 Å². The van der Waals surface area contributed by atoms with Crippen LogP contribution in [0.2, 0.25) is 0 Å². The summed E-state index contributed by atoms with van der Waals surface area (Å²) < 4.78 is 0. The zero-order valence-corrected chi connectivity index (χ0v) is 12.3. The Bertz CT molecular complexity index is 525. The lowest BCUT2D eigenvalue weighted by Crippen LogP contribution is -2.17. The Balaban J connectivity index is 1.83. The number of thiazole rings is 1. The molecule has 1 N–H and O–H groups in total. The third kappa shape index (κ3) is 4.62. The first-order valence-corrected chi connectivity index (χ1v) is 7.47. The van der Waals surface area contributed by atoms with Crippen molar-refractivity contribution in [2.24, 2.45) is 0 Å². The molecule has 2 aromatic rings. The fraction of sp³-hybridized carbons (Fsp3) is 0.312. The van der Waals surface area contributed by atoms with Crippen molar-refractivity contribution >= 4 is 11.3 Å². The molecule has 2 rings (SSSR count). The van der Waals surface area contributed by atoms with Crippen LogP contribution in [0.1, 0.15) is 19.5 Å². The molecule has 0 aliphatic carbocycles. The molecule has 0 bridgehead atoms. The smallest absolute Gasteiger partial charge is 0.123 e. The summed E-state index contributed by atoms with van der Waals surface area (Å²) in [5.41, 5.74) is 3.73. The number of allylic oxidation sites excluding steroid dienone is 1. The molecule has 0 spiro atoms. The molecular formula is C16H20N2S. The van der Waals surface area contributed by atoms with E-state index in [0.29, 0.717) is 0 Å². The van der Waals surface area contributed by atoms with Crippen molar-refractivity contribution in [3.05, 3.63) is 53.1 Å². The van der Waals surface area contributed by atoms with Gasteiger partial charge in [0.2, 0.25) is 0 Å². The molecule has 1 aromatic heterocycles. The van der Waals surface area contributed by atoms with Gasteiger partial charge >= 0.3 is 0 Å². The number of rotatable bonds is 6. The predicted molar refractivity (Wildman–Crippen MR) is 83.6 cm³/mol. The van der Waals surface area contributed by atoms with Crippen LogP contribution in [0, 0.1) is 0 Å². The van der Waals surface area contributed by atoms with Crippen LogP contribution >= 0.6 is 11.3 Å². The highest BCUT2D eigenvalue weighted by molar-refractivity contribution is 7.13. The Morgan fingerprint density at radius 2 is 2.05 bits per heavy atom. The van der Waals surface area contributed by atoms with Crippen LogP contribution in [0.3, 0.4) is 0 Å². The minimum atomic E-state index is 0.942. The topological polar surface area (TPSA) is 24.9 Å². The largest absolute Gasteiger partial charge is 0.313 e. The molecule has 1 aromatic carbocycles. The standard InChI is InChI=1S/C16H20N2S/c1-13(2)8-10-17-11-9-15-12-19-16(18-15)14-6-4-3-5-7-14/h3-8,12,17H,9-11H2,1-2H3. The van der Waals surface area contributed by atoms with Crippen molar-refractivity contribution in [1.29, 1.82) is 0 Å². The average Bonchev–Trinajstić information content (AvgIpc) is 2.88. The summed E-state index contributed by atoms with van der Waals surface area (Å²) in [7, 11) is 0. The van der Waals surface area contributed by atoms with E-state index in [1.54, 1.807) is 11.3 Å². The van der Waals surface area contributed by atoms with Gasteiger partial charge in [-0.25, -0.2) is 4.98 Å². The van der Waals surface area contributed by atoms with Crippen LogP contribution in [0.25, 0.3) is 10.6 Å². The number of nitrogens with zero attached hydrogens (tertiary/aromatic N) is 1. The highest BCUT2D eigenvalue weighted by Gasteiger charge is 2.03. The van der Waals surface area contributed by atoms with Crippen molar-refractivity contribution in [1.82, 2.24) is 10.3 Å². The number of aromatic nitrogens is 1. The van der Waals surface area contributed by atoms with Gasteiger partial charge in [-0.1, -0.05) is 42.0 Å². The van der Waals surface area contributed by atoms with Crippen molar-refractivity contribution < 1.29 is 0 Å². The number of hydrogen-bond acceptors (Lipinski definition) is 3. The molecule has 1 heterocycles. The first kappa shape index (κ1) is 14.0. The van der Waals surface area contributed by atoms with E-state index in [4.69, 9.17) is 0 Å². The van der Waals surface area contributed by atoms with Gasteiger partial charge in [0.25, 0.3) is 0 Å². The van der Waals surface area contributed by atoms with E-state index in [1.165, 1.54) is 16.8 Å². The molecule has 0 unspecified atom stereocenters. The van der Waals surface area contributed by atoms with Gasteiger partial charge < -0.3 is 5.32 Å². The number of nitrogens with one attached hydrogen (secondary N) is 1. The summed E-state index contributed by atoms with van der Waals surface area (Å²) in [6.07, 6.45) is 3.19. The lowest BCUT2D eigenvalue weighted by Gasteiger charge is -1.99. The zero-order chi connectivity index (χ0) is 13.5. The van der Waals surface area contributed by atoms with Gasteiger partial charge in [0, 0.05) is 30.5 Å². The SMILES string of the molecule is CC(C)=CCNCCc1csc(-c2ccccc2)n1. The van der Waals surface area contributed by atoms with Crippen LogP contribution < -0.4 is 5.32 Å². The lowest BCUT2D eigenvalue weighted by atomic mass is 10.2. The monoisotopic (exact) mass is 272 g/mol. The van der Waals surface area contributed by atoms with E-state index in [1.807, 2.05) is 6.07 Å². The minimum absolute atomic E-state index is 0.942. The molecule has 0 aliphatic rings. The van der Waals surface area contributed by atoms with Crippen molar-refractivity contribution in [2.75, 3.05) is 13.1 Å². The number of benzene rings is 1. The highest BCUT2D eigenvalue weighted by atomic mass is 32.1. The van der Waals surface area contributed by atoms with Gasteiger partial charge in [0.15, 0.2) is 0 Å². The predicted octanol–water partition coefficient (Wildman–Crippen LogP) is 3.91. The third-order valence-electron chi connectivity index (χ3n) is 2.79. The summed E-state index contributed by atoms with van der Waals surface area (Å²) in [6.45, 7) is 6.16. The van der Waals surface area contributed by atoms with Crippen LogP contribution in [-0.4, -0.2) is 18.1 Å². The van der Waals surface area contributed by atoms with E-state index < -0.39 is 0 Å². The van der Waals surface area contributed by atoms with Crippen molar-refractivity contribution in [3.8, 4) is 10.6 Å². The lowest BCUT2D eigenvalue weighted by molar-refractivity contribution is 0.734. The van der Waals surface area contributed by atoms with Gasteiger partial charge in [-0.15, -0.1) is 11.3 Å². The normalized spacial score (nSPS) is 10.4. The van der Waals surface area contributed by atoms with Gasteiger partial charge in [0.1, 0.15) is 5.01 Å². The molecule has 0 fully saturated rings. The molecule has 100 valence electrons. The van der Waals surface area contributed by atoms with E-state index in [0.717, 1.165) is 24.5 Å². The minimum Gasteiger partial charge on any atom is -0.313 e. The van der Waals surface area contributed by atoms with Gasteiger partial charge in [-0.3, -0.25) is 0 Å². The second kappa shape index (κ2) is 7.22. The maximum absolute atomic E-state index is 4.68. The van der Waals surface area contributed by atoms with Crippen LogP contribution in [0.15, 0.2) is 47.4 Å². The second-order valence-corrected chi connectivity index (χ2v) is 5.60. The Morgan fingerprint density at radius 1 is 1.26 bits per heavy atom. The highest BCUT2D eigenvalue weighted by Crippen LogP contribution is 2.23. The van der Waals surface area contributed by atoms with Crippen molar-refractivity contribution in [3.63, 3.8) is 0 Å². The Hall–Kier alpha value is -1.45. The zero-order valence-electron chi connectivity index (χ0n) is 11.5. The summed E-state index contributed by atoms with van der Waals surface area (Å²) >= 11 is 1.72. The Kier molecular flexibility index (Phi) is 5.31. The first-order chi connectivity index (χ1) is 9.25. The molecular weight excluding hydrogens is 252 g/mol. The van der Waals surface area contributed by atoms with Gasteiger partial charge in [0.05, 0.1) is 5.69 Å². The molecule has 0 amide bonds. The molecule has 0 atom stereocenters. The van der Waals surface area contributed by atoms with E-state index in [9.17, 15) is 0 Å². The summed E-state index contributed by atoms with van der Waals surface area (Å²) in [4.78, 5) is 4.68. The van der Waals surface area contributed by atoms with E-state index in [2.05, 4.69) is 59.9 Å². The molecule has 0 aliphatic heterocycles.